The van der Waals surface area contributed by atoms with Gasteiger partial charge >= 0.3 is 0 Å². The Kier molecular flexibility index (Phi) is 5.40. The molecule has 164 valence electrons. The predicted octanol–water partition coefficient (Wildman–Crippen LogP) is 1.68. The maximum atomic E-state index is 13.7. The summed E-state index contributed by atoms with van der Waals surface area (Å²) in [5, 5.41) is 0. The lowest BCUT2D eigenvalue weighted by molar-refractivity contribution is -0.142. The number of aromatic nitrogens is 2. The number of nitrogens with zero attached hydrogens (tertiary/aromatic N) is 5. The first-order valence-corrected chi connectivity index (χ1v) is 11.1. The minimum atomic E-state index is -0.495. The van der Waals surface area contributed by atoms with E-state index >= 15 is 0 Å². The molecule has 0 saturated carbocycles. The van der Waals surface area contributed by atoms with Crippen molar-refractivity contribution in [1.82, 2.24) is 14.9 Å². The first kappa shape index (κ1) is 20.1. The molecule has 0 radical (unpaired) electrons. The molecule has 8 heteroatoms. The van der Waals surface area contributed by atoms with Crippen molar-refractivity contribution in [2.75, 3.05) is 68.9 Å². The lowest BCUT2D eigenvalue weighted by Gasteiger charge is -2.40. The first-order chi connectivity index (χ1) is 15.2. The van der Waals surface area contributed by atoms with Crippen molar-refractivity contribution >= 4 is 17.5 Å². The third-order valence-electron chi connectivity index (χ3n) is 6.71. The van der Waals surface area contributed by atoms with Gasteiger partial charge in [0.1, 0.15) is 5.75 Å². The van der Waals surface area contributed by atoms with Crippen LogP contribution >= 0.6 is 0 Å². The van der Waals surface area contributed by atoms with Gasteiger partial charge in [-0.05, 0) is 25.1 Å². The summed E-state index contributed by atoms with van der Waals surface area (Å²) in [6.07, 6.45) is 3.50. The number of carbonyl (C=O) groups is 1. The largest absolute Gasteiger partial charge is 0.492 e. The van der Waals surface area contributed by atoms with Crippen molar-refractivity contribution in [1.29, 1.82) is 0 Å². The van der Waals surface area contributed by atoms with Crippen molar-refractivity contribution in [3.63, 3.8) is 0 Å². The fourth-order valence-electron chi connectivity index (χ4n) is 5.11. The number of rotatable bonds is 5. The number of fused-ring (bicyclic) bond motifs is 1. The van der Waals surface area contributed by atoms with Gasteiger partial charge in [-0.15, -0.1) is 0 Å². The Labute approximate surface area is 182 Å². The van der Waals surface area contributed by atoms with Gasteiger partial charge in [-0.1, -0.05) is 12.1 Å². The number of para-hydroxylation sites is 2. The molecule has 0 bridgehead atoms. The molecule has 8 nitrogen and oxygen atoms in total. The Morgan fingerprint density at radius 3 is 2.68 bits per heavy atom. The van der Waals surface area contributed by atoms with Crippen LogP contribution in [0, 0.1) is 11.3 Å². The summed E-state index contributed by atoms with van der Waals surface area (Å²) in [6.45, 7) is 8.12. The minimum absolute atomic E-state index is 0.181. The number of piperazine rings is 1. The number of carbonyl (C=O) groups excluding carboxylic acids is 1. The van der Waals surface area contributed by atoms with Crippen molar-refractivity contribution in [2.24, 2.45) is 11.3 Å². The molecule has 0 unspecified atom stereocenters. The molecule has 1 aromatic carbocycles. The van der Waals surface area contributed by atoms with E-state index < -0.39 is 5.41 Å². The molecule has 2 aromatic rings. The van der Waals surface area contributed by atoms with E-state index in [4.69, 9.17) is 9.47 Å². The van der Waals surface area contributed by atoms with Gasteiger partial charge in [-0.25, -0.2) is 9.97 Å². The van der Waals surface area contributed by atoms with Gasteiger partial charge in [0, 0.05) is 57.6 Å². The Bertz CT molecular complexity index is 918. The molecule has 5 rings (SSSR count). The van der Waals surface area contributed by atoms with Crippen molar-refractivity contribution in [2.45, 2.75) is 6.92 Å². The van der Waals surface area contributed by atoms with E-state index in [0.717, 1.165) is 31.1 Å². The third-order valence-corrected chi connectivity index (χ3v) is 6.71. The SMILES string of the molecule is CCOc1ccccc1N1CCN(C(=O)[C@@]23COC[C@@H]2CN(c2ncccn2)C3)CC1. The van der Waals surface area contributed by atoms with Crippen molar-refractivity contribution in [3.8, 4) is 5.75 Å². The number of anilines is 2. The normalized spacial score (nSPS) is 25.6. The van der Waals surface area contributed by atoms with Crippen LogP contribution in [-0.4, -0.2) is 79.9 Å². The fraction of sp³-hybridized carbons (Fsp3) is 0.522. The van der Waals surface area contributed by atoms with E-state index in [9.17, 15) is 4.79 Å². The van der Waals surface area contributed by atoms with E-state index in [2.05, 4.69) is 25.8 Å². The Morgan fingerprint density at radius 2 is 1.90 bits per heavy atom. The third kappa shape index (κ3) is 3.59. The van der Waals surface area contributed by atoms with Crippen LogP contribution in [0.5, 0.6) is 5.75 Å². The highest BCUT2D eigenvalue weighted by molar-refractivity contribution is 5.85. The molecule has 0 N–H and O–H groups in total. The highest BCUT2D eigenvalue weighted by atomic mass is 16.5. The minimum Gasteiger partial charge on any atom is -0.492 e. The molecule has 3 fully saturated rings. The number of amides is 1. The fourth-order valence-corrected chi connectivity index (χ4v) is 5.11. The first-order valence-electron chi connectivity index (χ1n) is 11.1. The Hall–Kier alpha value is -2.87. The van der Waals surface area contributed by atoms with Crippen LogP contribution < -0.4 is 14.5 Å². The molecule has 3 saturated heterocycles. The summed E-state index contributed by atoms with van der Waals surface area (Å²) < 4.78 is 11.6. The van der Waals surface area contributed by atoms with Crippen molar-refractivity contribution in [3.05, 3.63) is 42.7 Å². The Balaban J connectivity index is 1.28. The Morgan fingerprint density at radius 1 is 1.13 bits per heavy atom. The molecule has 3 aliphatic heterocycles. The molecule has 1 amide bonds. The topological polar surface area (TPSA) is 71.0 Å². The van der Waals surface area contributed by atoms with E-state index in [0.29, 0.717) is 45.4 Å². The highest BCUT2D eigenvalue weighted by Gasteiger charge is 2.57. The quantitative estimate of drug-likeness (QED) is 0.725. The standard InChI is InChI=1S/C23H29N5O3/c1-2-31-20-7-4-3-6-19(20)26-10-12-27(13-11-26)21(29)23-16-28(14-18(23)15-30-17-23)22-24-8-5-9-25-22/h3-9,18H,2,10-17H2,1H3/t18-,23-/m0/s1. The van der Waals surface area contributed by atoms with Crippen molar-refractivity contribution < 1.29 is 14.3 Å². The number of benzene rings is 1. The molecule has 4 heterocycles. The van der Waals surface area contributed by atoms with Gasteiger partial charge in [0.25, 0.3) is 0 Å². The van der Waals surface area contributed by atoms with Crippen LogP contribution in [0.3, 0.4) is 0 Å². The van der Waals surface area contributed by atoms with Gasteiger partial charge in [0.05, 0.1) is 30.9 Å². The molecule has 3 aliphatic rings. The van der Waals surface area contributed by atoms with Gasteiger partial charge in [0.15, 0.2) is 0 Å². The van der Waals surface area contributed by atoms with Crippen LogP contribution in [0.2, 0.25) is 0 Å². The zero-order valence-electron chi connectivity index (χ0n) is 17.9. The molecule has 0 aliphatic carbocycles. The lowest BCUT2D eigenvalue weighted by Crippen LogP contribution is -2.55. The summed E-state index contributed by atoms with van der Waals surface area (Å²) in [4.78, 5) is 29.0. The second-order valence-corrected chi connectivity index (χ2v) is 8.48. The molecular formula is C23H29N5O3. The second kappa shape index (κ2) is 8.34. The predicted molar refractivity (Wildman–Crippen MR) is 117 cm³/mol. The number of hydrogen-bond acceptors (Lipinski definition) is 7. The average Bonchev–Trinajstić information content (AvgIpc) is 3.39. The summed E-state index contributed by atoms with van der Waals surface area (Å²) in [5.41, 5.74) is 0.606. The lowest BCUT2D eigenvalue weighted by atomic mass is 9.79. The summed E-state index contributed by atoms with van der Waals surface area (Å²) in [6, 6.07) is 9.95. The van der Waals surface area contributed by atoms with Gasteiger partial charge in [-0.2, -0.15) is 0 Å². The molecule has 0 spiro atoms. The van der Waals surface area contributed by atoms with Crippen LogP contribution in [-0.2, 0) is 9.53 Å². The van der Waals surface area contributed by atoms with E-state index in [1.54, 1.807) is 12.4 Å². The molecule has 2 atom stereocenters. The van der Waals surface area contributed by atoms with Gasteiger partial charge < -0.3 is 24.2 Å². The molecule has 31 heavy (non-hydrogen) atoms. The van der Waals surface area contributed by atoms with Crippen LogP contribution in [0.1, 0.15) is 6.92 Å². The summed E-state index contributed by atoms with van der Waals surface area (Å²) in [7, 11) is 0. The number of hydrogen-bond donors (Lipinski definition) is 0. The van der Waals surface area contributed by atoms with Crippen LogP contribution in [0.25, 0.3) is 0 Å². The maximum absolute atomic E-state index is 13.7. The highest BCUT2D eigenvalue weighted by Crippen LogP contribution is 2.44. The van der Waals surface area contributed by atoms with E-state index in [1.807, 2.05) is 36.1 Å². The van der Waals surface area contributed by atoms with Crippen LogP contribution in [0.15, 0.2) is 42.7 Å². The van der Waals surface area contributed by atoms with E-state index in [1.165, 1.54) is 0 Å². The maximum Gasteiger partial charge on any atom is 0.233 e. The average molecular weight is 424 g/mol. The monoisotopic (exact) mass is 423 g/mol. The smallest absolute Gasteiger partial charge is 0.233 e. The van der Waals surface area contributed by atoms with Gasteiger partial charge in [0.2, 0.25) is 11.9 Å². The molecule has 1 aromatic heterocycles. The number of ether oxygens (including phenoxy) is 2. The summed E-state index contributed by atoms with van der Waals surface area (Å²) in [5.74, 6) is 2.00. The zero-order valence-corrected chi connectivity index (χ0v) is 17.9. The second-order valence-electron chi connectivity index (χ2n) is 8.48. The zero-order chi connectivity index (χ0) is 21.3. The van der Waals surface area contributed by atoms with Crippen LogP contribution in [0.4, 0.5) is 11.6 Å². The molecular weight excluding hydrogens is 394 g/mol. The van der Waals surface area contributed by atoms with E-state index in [-0.39, 0.29) is 11.8 Å². The van der Waals surface area contributed by atoms with Gasteiger partial charge in [-0.3, -0.25) is 4.79 Å². The summed E-state index contributed by atoms with van der Waals surface area (Å²) >= 11 is 0.